The number of hydrogen-bond donors (Lipinski definition) is 2. The lowest BCUT2D eigenvalue weighted by atomic mass is 10.3. The van der Waals surface area contributed by atoms with Crippen LogP contribution in [0, 0.1) is 0 Å². The van der Waals surface area contributed by atoms with Gasteiger partial charge in [-0.3, -0.25) is 15.1 Å². The topological polar surface area (TPSA) is 75.4 Å². The number of amides is 3. The van der Waals surface area contributed by atoms with Crippen LogP contribution in [0.1, 0.15) is 0 Å². The summed E-state index contributed by atoms with van der Waals surface area (Å²) in [5.41, 5.74) is 0. The zero-order chi connectivity index (χ0) is 7.72. The summed E-state index contributed by atoms with van der Waals surface area (Å²) < 4.78 is 0. The Bertz CT molecular complexity index is 165. The molecular formula is C4H6BrN3O2. The van der Waals surface area contributed by atoms with Crippen LogP contribution in [0.4, 0.5) is 4.79 Å². The summed E-state index contributed by atoms with van der Waals surface area (Å²) in [6.07, 6.45) is 0. The first-order valence-corrected chi connectivity index (χ1v) is 3.54. The summed E-state index contributed by atoms with van der Waals surface area (Å²) in [4.78, 5) is 20.9. The van der Waals surface area contributed by atoms with E-state index < -0.39 is 10.9 Å². The third-order valence-electron chi connectivity index (χ3n) is 1.13. The van der Waals surface area contributed by atoms with Gasteiger partial charge in [-0.2, -0.15) is 0 Å². The highest BCUT2D eigenvalue weighted by molar-refractivity contribution is 9.10. The van der Waals surface area contributed by atoms with Crippen molar-refractivity contribution in [3.63, 3.8) is 0 Å². The summed E-state index contributed by atoms with van der Waals surface area (Å²) in [5, 5.41) is 3.00. The number of imide groups is 1. The SMILES string of the molecule is NN1CC(Br)C(=O)NC1=O. The summed E-state index contributed by atoms with van der Waals surface area (Å²) in [5.74, 6) is 4.83. The number of rotatable bonds is 0. The zero-order valence-electron chi connectivity index (χ0n) is 5.00. The van der Waals surface area contributed by atoms with Crippen LogP contribution >= 0.6 is 15.9 Å². The number of nitrogens with one attached hydrogen (secondary N) is 1. The Morgan fingerprint density at radius 3 is 2.80 bits per heavy atom. The van der Waals surface area contributed by atoms with Gasteiger partial charge in [0.25, 0.3) is 0 Å². The maximum atomic E-state index is 10.7. The lowest BCUT2D eigenvalue weighted by Crippen LogP contribution is -2.57. The van der Waals surface area contributed by atoms with Crippen LogP contribution in [0.15, 0.2) is 0 Å². The van der Waals surface area contributed by atoms with E-state index in [0.717, 1.165) is 5.01 Å². The van der Waals surface area contributed by atoms with Gasteiger partial charge in [0.05, 0.1) is 6.54 Å². The molecule has 0 aromatic heterocycles. The molecule has 1 saturated heterocycles. The van der Waals surface area contributed by atoms with Crippen molar-refractivity contribution in [2.24, 2.45) is 5.84 Å². The van der Waals surface area contributed by atoms with Gasteiger partial charge >= 0.3 is 6.03 Å². The minimum absolute atomic E-state index is 0.213. The Hall–Kier alpha value is -0.620. The van der Waals surface area contributed by atoms with E-state index in [1.165, 1.54) is 0 Å². The minimum Gasteiger partial charge on any atom is -0.276 e. The van der Waals surface area contributed by atoms with Crippen molar-refractivity contribution in [1.82, 2.24) is 10.3 Å². The van der Waals surface area contributed by atoms with Crippen molar-refractivity contribution in [2.45, 2.75) is 4.83 Å². The van der Waals surface area contributed by atoms with Gasteiger partial charge in [0.2, 0.25) is 5.91 Å². The normalized spacial score (nSPS) is 26.6. The fraction of sp³-hybridized carbons (Fsp3) is 0.500. The van der Waals surface area contributed by atoms with Crippen LogP contribution in [-0.2, 0) is 4.79 Å². The number of alkyl halides is 1. The molecule has 3 N–H and O–H groups in total. The molecule has 0 aromatic carbocycles. The molecule has 1 atom stereocenters. The number of carbonyl (C=O) groups excluding carboxylic acids is 2. The Morgan fingerprint density at radius 2 is 2.30 bits per heavy atom. The number of nitrogens with zero attached hydrogens (tertiary/aromatic N) is 1. The molecule has 1 rings (SSSR count). The fourth-order valence-electron chi connectivity index (χ4n) is 0.594. The van der Waals surface area contributed by atoms with Crippen molar-refractivity contribution in [2.75, 3.05) is 6.54 Å². The van der Waals surface area contributed by atoms with Gasteiger partial charge in [0, 0.05) is 0 Å². The number of hydrogen-bond acceptors (Lipinski definition) is 3. The quantitative estimate of drug-likeness (QED) is 0.310. The van der Waals surface area contributed by atoms with Crippen molar-refractivity contribution in [3.05, 3.63) is 0 Å². The predicted molar refractivity (Wildman–Crippen MR) is 37.1 cm³/mol. The Kier molecular flexibility index (Phi) is 1.91. The van der Waals surface area contributed by atoms with Gasteiger partial charge in [-0.1, -0.05) is 15.9 Å². The first-order valence-electron chi connectivity index (χ1n) is 2.62. The molecule has 0 bridgehead atoms. The van der Waals surface area contributed by atoms with Gasteiger partial charge in [-0.15, -0.1) is 0 Å². The summed E-state index contributed by atoms with van der Waals surface area (Å²) in [6.45, 7) is 0.213. The molecule has 3 amide bonds. The highest BCUT2D eigenvalue weighted by Crippen LogP contribution is 2.05. The van der Waals surface area contributed by atoms with Crippen LogP contribution in [0.2, 0.25) is 0 Å². The molecule has 0 spiro atoms. The van der Waals surface area contributed by atoms with Gasteiger partial charge < -0.3 is 0 Å². The molecule has 0 radical (unpaired) electrons. The fourth-order valence-corrected chi connectivity index (χ4v) is 1.02. The van der Waals surface area contributed by atoms with E-state index in [1.807, 2.05) is 0 Å². The first-order chi connectivity index (χ1) is 4.61. The van der Waals surface area contributed by atoms with Gasteiger partial charge in [0.1, 0.15) is 4.83 Å². The second-order valence-corrected chi connectivity index (χ2v) is 3.02. The Balaban J connectivity index is 2.63. The van der Waals surface area contributed by atoms with E-state index >= 15 is 0 Å². The lowest BCUT2D eigenvalue weighted by Gasteiger charge is -2.24. The predicted octanol–water partition coefficient (Wildman–Crippen LogP) is -0.825. The van der Waals surface area contributed by atoms with Crippen LogP contribution in [0.25, 0.3) is 0 Å². The first kappa shape index (κ1) is 7.49. The standard InChI is InChI=1S/C4H6BrN3O2/c5-2-1-8(6)4(10)7-3(2)9/h2H,1,6H2,(H,7,9,10). The third-order valence-corrected chi connectivity index (χ3v) is 1.84. The van der Waals surface area contributed by atoms with E-state index in [9.17, 15) is 9.59 Å². The molecule has 6 heteroatoms. The van der Waals surface area contributed by atoms with E-state index in [0.29, 0.717) is 0 Å². The lowest BCUT2D eigenvalue weighted by molar-refractivity contribution is -0.120. The minimum atomic E-state index is -0.555. The molecule has 0 aliphatic carbocycles. The molecule has 1 aliphatic rings. The molecular weight excluding hydrogens is 202 g/mol. The largest absolute Gasteiger partial charge is 0.338 e. The average Bonchev–Trinajstić information content (AvgIpc) is 1.84. The second kappa shape index (κ2) is 2.55. The van der Waals surface area contributed by atoms with Crippen LogP contribution in [-0.4, -0.2) is 28.3 Å². The summed E-state index contributed by atoms with van der Waals surface area (Å²) >= 11 is 3.04. The van der Waals surface area contributed by atoms with Crippen LogP contribution in [0.5, 0.6) is 0 Å². The smallest absolute Gasteiger partial charge is 0.276 e. The van der Waals surface area contributed by atoms with E-state index in [1.54, 1.807) is 0 Å². The Morgan fingerprint density at radius 1 is 1.70 bits per heavy atom. The Labute approximate surface area is 65.6 Å². The highest BCUT2D eigenvalue weighted by Gasteiger charge is 2.28. The highest BCUT2D eigenvalue weighted by atomic mass is 79.9. The maximum Gasteiger partial charge on any atom is 0.338 e. The average molecular weight is 208 g/mol. The zero-order valence-corrected chi connectivity index (χ0v) is 6.59. The van der Waals surface area contributed by atoms with Crippen molar-refractivity contribution in [3.8, 4) is 0 Å². The third kappa shape index (κ3) is 1.27. The van der Waals surface area contributed by atoms with Gasteiger partial charge in [0.15, 0.2) is 0 Å². The molecule has 1 fully saturated rings. The molecule has 1 unspecified atom stereocenters. The second-order valence-electron chi connectivity index (χ2n) is 1.91. The van der Waals surface area contributed by atoms with Crippen molar-refractivity contribution >= 4 is 27.9 Å². The van der Waals surface area contributed by atoms with Crippen molar-refractivity contribution in [1.29, 1.82) is 0 Å². The van der Waals surface area contributed by atoms with E-state index in [4.69, 9.17) is 5.84 Å². The van der Waals surface area contributed by atoms with Crippen molar-refractivity contribution < 1.29 is 9.59 Å². The number of nitrogens with two attached hydrogens (primary N) is 1. The molecule has 0 saturated carbocycles. The molecule has 10 heavy (non-hydrogen) atoms. The van der Waals surface area contributed by atoms with Crippen LogP contribution in [0.3, 0.4) is 0 Å². The molecule has 5 nitrogen and oxygen atoms in total. The summed E-state index contributed by atoms with van der Waals surface area (Å²) in [7, 11) is 0. The molecule has 56 valence electrons. The monoisotopic (exact) mass is 207 g/mol. The van der Waals surface area contributed by atoms with E-state index in [2.05, 4.69) is 21.2 Å². The number of hydrazine groups is 1. The molecule has 1 heterocycles. The molecule has 1 aliphatic heterocycles. The summed E-state index contributed by atoms with van der Waals surface area (Å²) in [6, 6.07) is -0.555. The number of carbonyl (C=O) groups is 2. The van der Waals surface area contributed by atoms with Crippen LogP contribution < -0.4 is 11.2 Å². The van der Waals surface area contributed by atoms with E-state index in [-0.39, 0.29) is 12.5 Å². The number of urea groups is 1. The van der Waals surface area contributed by atoms with Gasteiger partial charge in [-0.05, 0) is 0 Å². The van der Waals surface area contributed by atoms with Gasteiger partial charge in [-0.25, -0.2) is 10.6 Å². The molecule has 0 aromatic rings. The maximum absolute atomic E-state index is 10.7. The number of halogens is 1.